The van der Waals surface area contributed by atoms with Crippen LogP contribution in [0.1, 0.15) is 10.5 Å². The van der Waals surface area contributed by atoms with Crippen LogP contribution >= 0.6 is 0 Å². The molecule has 2 aromatic heterocycles. The molecular weight excluding hydrogens is 232 g/mol. The Morgan fingerprint density at radius 1 is 1.24 bits per heavy atom. The smallest absolute Gasteiger partial charge is 0.360 e. The SMILES string of the molecule is Cn1c(=O)[nH]c(=O)c2nc(C(=O)O)c(=O)[nH]c21. The van der Waals surface area contributed by atoms with Crippen molar-refractivity contribution in [3.05, 3.63) is 36.9 Å². The summed E-state index contributed by atoms with van der Waals surface area (Å²) in [6.45, 7) is 0. The van der Waals surface area contributed by atoms with E-state index in [2.05, 4.69) is 9.97 Å². The summed E-state index contributed by atoms with van der Waals surface area (Å²) in [6.07, 6.45) is 0. The van der Waals surface area contributed by atoms with Gasteiger partial charge in [0.25, 0.3) is 11.1 Å². The fourth-order valence-corrected chi connectivity index (χ4v) is 1.33. The lowest BCUT2D eigenvalue weighted by molar-refractivity contribution is 0.0689. The molecule has 17 heavy (non-hydrogen) atoms. The van der Waals surface area contributed by atoms with Crippen LogP contribution in [0.4, 0.5) is 0 Å². The summed E-state index contributed by atoms with van der Waals surface area (Å²) in [4.78, 5) is 52.1. The van der Waals surface area contributed by atoms with Crippen molar-refractivity contribution in [3.63, 3.8) is 0 Å². The number of H-pyrrole nitrogens is 2. The van der Waals surface area contributed by atoms with Gasteiger partial charge in [-0.05, 0) is 0 Å². The largest absolute Gasteiger partial charge is 0.476 e. The molecule has 9 heteroatoms. The van der Waals surface area contributed by atoms with Crippen molar-refractivity contribution in [2.75, 3.05) is 0 Å². The van der Waals surface area contributed by atoms with Gasteiger partial charge in [0.15, 0.2) is 5.52 Å². The van der Waals surface area contributed by atoms with Gasteiger partial charge in [0, 0.05) is 7.05 Å². The zero-order chi connectivity index (χ0) is 12.7. The Hall–Kier alpha value is -2.71. The molecule has 9 nitrogen and oxygen atoms in total. The van der Waals surface area contributed by atoms with E-state index in [0.717, 1.165) is 4.57 Å². The average Bonchev–Trinajstić information content (AvgIpc) is 2.25. The normalized spacial score (nSPS) is 10.6. The van der Waals surface area contributed by atoms with Crippen molar-refractivity contribution in [2.24, 2.45) is 7.05 Å². The standard InChI is InChI=1S/C8H6N4O5/c1-12-4-2(5(13)11-8(12)17)9-3(7(15)16)6(14)10-4/h1H3,(H,10,14)(H,15,16)(H,11,13,17). The van der Waals surface area contributed by atoms with Crippen molar-refractivity contribution in [2.45, 2.75) is 0 Å². The second-order valence-electron chi connectivity index (χ2n) is 3.24. The summed E-state index contributed by atoms with van der Waals surface area (Å²) in [7, 11) is 1.30. The lowest BCUT2D eigenvalue weighted by Crippen LogP contribution is -2.32. The number of aromatic amines is 2. The van der Waals surface area contributed by atoms with Crippen LogP contribution in [0.2, 0.25) is 0 Å². The fourth-order valence-electron chi connectivity index (χ4n) is 1.33. The van der Waals surface area contributed by atoms with Crippen LogP contribution in [0, 0.1) is 0 Å². The number of rotatable bonds is 1. The Balaban J connectivity index is 3.09. The predicted molar refractivity (Wildman–Crippen MR) is 55.2 cm³/mol. The van der Waals surface area contributed by atoms with E-state index in [1.54, 1.807) is 0 Å². The van der Waals surface area contributed by atoms with E-state index in [-0.39, 0.29) is 11.2 Å². The van der Waals surface area contributed by atoms with Crippen LogP contribution in [-0.2, 0) is 7.05 Å². The molecule has 0 unspecified atom stereocenters. The highest BCUT2D eigenvalue weighted by Crippen LogP contribution is 1.97. The molecule has 0 bridgehead atoms. The molecule has 3 N–H and O–H groups in total. The van der Waals surface area contributed by atoms with Gasteiger partial charge >= 0.3 is 11.7 Å². The third kappa shape index (κ3) is 1.53. The summed E-state index contributed by atoms with van der Waals surface area (Å²) in [5.41, 5.74) is -3.82. The van der Waals surface area contributed by atoms with Crippen LogP contribution in [0.15, 0.2) is 14.4 Å². The van der Waals surface area contributed by atoms with E-state index in [9.17, 15) is 19.2 Å². The molecule has 0 aliphatic carbocycles. The first-order valence-electron chi connectivity index (χ1n) is 4.38. The molecule has 0 aliphatic rings. The van der Waals surface area contributed by atoms with Gasteiger partial charge in [-0.15, -0.1) is 0 Å². The summed E-state index contributed by atoms with van der Waals surface area (Å²) < 4.78 is 0.955. The molecule has 0 amide bonds. The first kappa shape index (κ1) is 10.8. The van der Waals surface area contributed by atoms with Gasteiger partial charge in [-0.3, -0.25) is 19.1 Å². The number of aromatic nitrogens is 4. The molecule has 0 atom stereocenters. The highest BCUT2D eigenvalue weighted by atomic mass is 16.4. The van der Waals surface area contributed by atoms with Crippen molar-refractivity contribution >= 4 is 17.1 Å². The van der Waals surface area contributed by atoms with Crippen LogP contribution in [0.25, 0.3) is 11.2 Å². The number of aromatic carboxylic acids is 1. The average molecular weight is 238 g/mol. The molecule has 2 aromatic rings. The van der Waals surface area contributed by atoms with Crippen LogP contribution < -0.4 is 16.8 Å². The van der Waals surface area contributed by atoms with Crippen LogP contribution in [-0.4, -0.2) is 30.6 Å². The minimum absolute atomic E-state index is 0.131. The van der Waals surface area contributed by atoms with Crippen molar-refractivity contribution in [3.8, 4) is 0 Å². The van der Waals surface area contributed by atoms with Gasteiger partial charge in [-0.2, -0.15) is 0 Å². The lowest BCUT2D eigenvalue weighted by Gasteiger charge is -2.02. The van der Waals surface area contributed by atoms with Crippen molar-refractivity contribution in [1.29, 1.82) is 0 Å². The number of aryl methyl sites for hydroxylation is 1. The molecule has 2 heterocycles. The monoisotopic (exact) mass is 238 g/mol. The first-order chi connectivity index (χ1) is 7.91. The van der Waals surface area contributed by atoms with E-state index < -0.39 is 28.5 Å². The zero-order valence-electron chi connectivity index (χ0n) is 8.47. The van der Waals surface area contributed by atoms with Gasteiger partial charge in [0.2, 0.25) is 5.69 Å². The van der Waals surface area contributed by atoms with Crippen molar-refractivity contribution in [1.82, 2.24) is 19.5 Å². The maximum Gasteiger partial charge on any atom is 0.360 e. The number of hydrogen-bond acceptors (Lipinski definition) is 5. The first-order valence-corrected chi connectivity index (χ1v) is 4.38. The minimum Gasteiger partial charge on any atom is -0.476 e. The molecule has 2 rings (SSSR count). The maximum absolute atomic E-state index is 11.4. The minimum atomic E-state index is -1.55. The Kier molecular flexibility index (Phi) is 2.16. The predicted octanol–water partition coefficient (Wildman–Crippen LogP) is -1.99. The summed E-state index contributed by atoms with van der Waals surface area (Å²) in [5.74, 6) is -1.55. The van der Waals surface area contributed by atoms with E-state index in [1.165, 1.54) is 7.05 Å². The number of nitrogens with zero attached hydrogens (tertiary/aromatic N) is 2. The number of carboxylic acids is 1. The topological polar surface area (TPSA) is 138 Å². The number of hydrogen-bond donors (Lipinski definition) is 3. The second-order valence-corrected chi connectivity index (χ2v) is 3.24. The Bertz CT molecular complexity index is 796. The molecule has 0 aliphatic heterocycles. The van der Waals surface area contributed by atoms with Crippen LogP contribution in [0.5, 0.6) is 0 Å². The molecular formula is C8H6N4O5. The molecule has 88 valence electrons. The molecule has 0 radical (unpaired) electrons. The van der Waals surface area contributed by atoms with Gasteiger partial charge < -0.3 is 10.1 Å². The third-order valence-electron chi connectivity index (χ3n) is 2.17. The lowest BCUT2D eigenvalue weighted by atomic mass is 10.4. The number of fused-ring (bicyclic) bond motifs is 1. The van der Waals surface area contributed by atoms with Gasteiger partial charge in [0.05, 0.1) is 0 Å². The van der Waals surface area contributed by atoms with E-state index in [4.69, 9.17) is 5.11 Å². The van der Waals surface area contributed by atoms with E-state index in [0.29, 0.717) is 0 Å². The van der Waals surface area contributed by atoms with Gasteiger partial charge in [-0.25, -0.2) is 14.6 Å². The molecule has 0 spiro atoms. The second kappa shape index (κ2) is 3.40. The van der Waals surface area contributed by atoms with Crippen molar-refractivity contribution < 1.29 is 9.90 Å². The Labute approximate surface area is 91.4 Å². The quantitative estimate of drug-likeness (QED) is 0.525. The number of nitrogens with one attached hydrogen (secondary N) is 2. The van der Waals surface area contributed by atoms with Gasteiger partial charge in [0.1, 0.15) is 5.65 Å². The fraction of sp³-hybridized carbons (Fsp3) is 0.125. The summed E-state index contributed by atoms with van der Waals surface area (Å²) in [5, 5.41) is 8.68. The Morgan fingerprint density at radius 3 is 2.47 bits per heavy atom. The maximum atomic E-state index is 11.4. The highest BCUT2D eigenvalue weighted by Gasteiger charge is 2.15. The van der Waals surface area contributed by atoms with Crippen LogP contribution in [0.3, 0.4) is 0 Å². The molecule has 0 saturated carbocycles. The molecule has 0 aromatic carbocycles. The third-order valence-corrected chi connectivity index (χ3v) is 2.17. The zero-order valence-corrected chi connectivity index (χ0v) is 8.47. The summed E-state index contributed by atoms with van der Waals surface area (Å²) in [6, 6.07) is 0. The number of carboxylic acid groups (broad SMARTS) is 1. The highest BCUT2D eigenvalue weighted by molar-refractivity contribution is 5.87. The molecule has 0 saturated heterocycles. The van der Waals surface area contributed by atoms with E-state index in [1.807, 2.05) is 4.98 Å². The molecule has 0 fully saturated rings. The number of carbonyl (C=O) groups is 1. The van der Waals surface area contributed by atoms with E-state index >= 15 is 0 Å². The summed E-state index contributed by atoms with van der Waals surface area (Å²) >= 11 is 0. The Morgan fingerprint density at radius 2 is 1.88 bits per heavy atom. The van der Waals surface area contributed by atoms with Gasteiger partial charge in [-0.1, -0.05) is 0 Å².